The predicted molar refractivity (Wildman–Crippen MR) is 110 cm³/mol. The monoisotopic (exact) mass is 359 g/mol. The summed E-state index contributed by atoms with van der Waals surface area (Å²) in [5.74, 6) is 2.53. The first-order valence-corrected chi connectivity index (χ1v) is 9.82. The Morgan fingerprint density at radius 3 is 2.48 bits per heavy atom. The van der Waals surface area contributed by atoms with Crippen molar-refractivity contribution >= 4 is 22.5 Å². The molecule has 0 aliphatic heterocycles. The Labute approximate surface area is 160 Å². The van der Waals surface area contributed by atoms with Crippen LogP contribution in [-0.2, 0) is 0 Å². The Bertz CT molecular complexity index is 975. The summed E-state index contributed by atoms with van der Waals surface area (Å²) in [6.07, 6.45) is 4.66. The number of aromatic nitrogens is 2. The first-order chi connectivity index (χ1) is 13.2. The number of hydrogen-bond donors (Lipinski definition) is 1. The zero-order valence-corrected chi connectivity index (χ0v) is 16.0. The van der Waals surface area contributed by atoms with Gasteiger partial charge in [-0.05, 0) is 49.4 Å². The highest BCUT2D eigenvalue weighted by molar-refractivity contribution is 5.95. The molecule has 1 saturated carbocycles. The molecule has 0 saturated heterocycles. The number of carbonyl (C=O) groups is 1. The summed E-state index contributed by atoms with van der Waals surface area (Å²) in [6, 6.07) is 14.1. The SMILES string of the molecule is CCCCNc1nc(C2CC2)nc2ccc(-c3ccc(C(C)=O)cc3)cc12. The van der Waals surface area contributed by atoms with Crippen LogP contribution in [0.25, 0.3) is 22.0 Å². The Morgan fingerprint density at radius 2 is 1.81 bits per heavy atom. The highest BCUT2D eigenvalue weighted by Crippen LogP contribution is 2.39. The molecule has 4 heteroatoms. The minimum Gasteiger partial charge on any atom is -0.369 e. The fraction of sp³-hybridized carbons (Fsp3) is 0.348. The quantitative estimate of drug-likeness (QED) is 0.441. The molecule has 4 nitrogen and oxygen atoms in total. The molecule has 27 heavy (non-hydrogen) atoms. The van der Waals surface area contributed by atoms with Crippen LogP contribution in [0.2, 0.25) is 0 Å². The van der Waals surface area contributed by atoms with Gasteiger partial charge in [0.15, 0.2) is 5.78 Å². The van der Waals surface area contributed by atoms with Gasteiger partial charge in [0.05, 0.1) is 5.52 Å². The van der Waals surface area contributed by atoms with Gasteiger partial charge in [-0.15, -0.1) is 0 Å². The van der Waals surface area contributed by atoms with E-state index in [1.54, 1.807) is 6.92 Å². The highest BCUT2D eigenvalue weighted by atomic mass is 16.1. The van der Waals surface area contributed by atoms with E-state index in [4.69, 9.17) is 9.97 Å². The van der Waals surface area contributed by atoms with E-state index < -0.39 is 0 Å². The van der Waals surface area contributed by atoms with Gasteiger partial charge in [0.25, 0.3) is 0 Å². The number of ketones is 1. The maximum absolute atomic E-state index is 11.5. The molecule has 3 aromatic rings. The lowest BCUT2D eigenvalue weighted by atomic mass is 10.0. The lowest BCUT2D eigenvalue weighted by Gasteiger charge is -2.12. The van der Waals surface area contributed by atoms with Crippen molar-refractivity contribution in [2.45, 2.75) is 45.4 Å². The van der Waals surface area contributed by atoms with Crippen molar-refractivity contribution in [3.63, 3.8) is 0 Å². The normalized spacial score (nSPS) is 13.7. The van der Waals surface area contributed by atoms with E-state index in [-0.39, 0.29) is 5.78 Å². The van der Waals surface area contributed by atoms with Crippen LogP contribution in [0.15, 0.2) is 42.5 Å². The second-order valence-corrected chi connectivity index (χ2v) is 7.35. The number of rotatable bonds is 7. The minimum atomic E-state index is 0.0866. The van der Waals surface area contributed by atoms with Crippen molar-refractivity contribution in [2.24, 2.45) is 0 Å². The summed E-state index contributed by atoms with van der Waals surface area (Å²) in [4.78, 5) is 21.1. The smallest absolute Gasteiger partial charge is 0.159 e. The molecular weight excluding hydrogens is 334 g/mol. The zero-order valence-electron chi connectivity index (χ0n) is 16.0. The van der Waals surface area contributed by atoms with Crippen molar-refractivity contribution in [2.75, 3.05) is 11.9 Å². The standard InChI is InChI=1S/C23H25N3O/c1-3-4-13-24-23-20-14-19(17-7-5-16(6-8-17)15(2)27)11-12-21(20)25-22(26-23)18-9-10-18/h5-8,11-12,14,18H,3-4,9-10,13H2,1-2H3,(H,24,25,26). The maximum Gasteiger partial charge on any atom is 0.159 e. The van der Waals surface area contributed by atoms with Crippen molar-refractivity contribution in [1.29, 1.82) is 0 Å². The van der Waals surface area contributed by atoms with Crippen LogP contribution < -0.4 is 5.32 Å². The predicted octanol–water partition coefficient (Wildman–Crippen LogP) is 5.59. The molecule has 1 aliphatic carbocycles. The third kappa shape index (κ3) is 3.85. The van der Waals surface area contributed by atoms with Crippen molar-refractivity contribution < 1.29 is 4.79 Å². The van der Waals surface area contributed by atoms with Crippen molar-refractivity contribution in [3.05, 3.63) is 53.9 Å². The molecule has 0 amide bonds. The van der Waals surface area contributed by atoms with Crippen molar-refractivity contribution in [1.82, 2.24) is 9.97 Å². The largest absolute Gasteiger partial charge is 0.369 e. The molecule has 4 rings (SSSR count). The summed E-state index contributed by atoms with van der Waals surface area (Å²) in [6.45, 7) is 4.70. The fourth-order valence-corrected chi connectivity index (χ4v) is 3.27. The number of hydrogen-bond acceptors (Lipinski definition) is 4. The molecule has 0 radical (unpaired) electrons. The molecule has 2 aromatic carbocycles. The van der Waals surface area contributed by atoms with Crippen LogP contribution in [0, 0.1) is 0 Å². The van der Waals surface area contributed by atoms with Crippen LogP contribution in [0.5, 0.6) is 0 Å². The number of anilines is 1. The van der Waals surface area contributed by atoms with Crippen molar-refractivity contribution in [3.8, 4) is 11.1 Å². The molecule has 1 heterocycles. The Balaban J connectivity index is 1.73. The Kier molecular flexibility index (Phi) is 4.88. The number of unbranched alkanes of at least 4 members (excludes halogenated alkanes) is 1. The molecular formula is C23H25N3O. The van der Waals surface area contributed by atoms with Gasteiger partial charge in [-0.25, -0.2) is 9.97 Å². The lowest BCUT2D eigenvalue weighted by Crippen LogP contribution is -2.06. The number of carbonyl (C=O) groups excluding carboxylic acids is 1. The zero-order chi connectivity index (χ0) is 18.8. The van der Waals surface area contributed by atoms with E-state index in [1.165, 1.54) is 12.8 Å². The van der Waals surface area contributed by atoms with Crippen LogP contribution in [0.3, 0.4) is 0 Å². The molecule has 0 bridgehead atoms. The summed E-state index contributed by atoms with van der Waals surface area (Å²) in [7, 11) is 0. The van der Waals surface area contributed by atoms with Gasteiger partial charge in [-0.1, -0.05) is 43.7 Å². The second-order valence-electron chi connectivity index (χ2n) is 7.35. The van der Waals surface area contributed by atoms with Gasteiger partial charge in [-0.2, -0.15) is 0 Å². The molecule has 1 aromatic heterocycles. The van der Waals surface area contributed by atoms with Crippen LogP contribution in [0.1, 0.15) is 61.6 Å². The fourth-order valence-electron chi connectivity index (χ4n) is 3.27. The Hall–Kier alpha value is -2.75. The third-order valence-corrected chi connectivity index (χ3v) is 5.10. The molecule has 1 fully saturated rings. The van der Waals surface area contributed by atoms with E-state index in [9.17, 15) is 4.79 Å². The van der Waals surface area contributed by atoms with E-state index >= 15 is 0 Å². The maximum atomic E-state index is 11.5. The first kappa shape index (κ1) is 17.7. The molecule has 0 atom stereocenters. The van der Waals surface area contributed by atoms with Crippen LogP contribution in [0.4, 0.5) is 5.82 Å². The van der Waals surface area contributed by atoms with Gasteiger partial charge in [0.2, 0.25) is 0 Å². The van der Waals surface area contributed by atoms with Crippen LogP contribution >= 0.6 is 0 Å². The first-order valence-electron chi connectivity index (χ1n) is 9.82. The van der Waals surface area contributed by atoms with Gasteiger partial charge in [0, 0.05) is 23.4 Å². The lowest BCUT2D eigenvalue weighted by molar-refractivity contribution is 0.101. The Morgan fingerprint density at radius 1 is 1.07 bits per heavy atom. The topological polar surface area (TPSA) is 54.9 Å². The van der Waals surface area contributed by atoms with Crippen LogP contribution in [-0.4, -0.2) is 22.3 Å². The minimum absolute atomic E-state index is 0.0866. The molecule has 0 unspecified atom stereocenters. The van der Waals surface area contributed by atoms with Gasteiger partial charge in [-0.3, -0.25) is 4.79 Å². The molecule has 138 valence electrons. The van der Waals surface area contributed by atoms with Gasteiger partial charge < -0.3 is 5.32 Å². The summed E-state index contributed by atoms with van der Waals surface area (Å²) in [5, 5.41) is 4.58. The van der Waals surface area contributed by atoms with Gasteiger partial charge >= 0.3 is 0 Å². The van der Waals surface area contributed by atoms with E-state index in [0.717, 1.165) is 58.6 Å². The van der Waals surface area contributed by atoms with E-state index in [2.05, 4.69) is 30.4 Å². The average Bonchev–Trinajstić information content (AvgIpc) is 3.53. The summed E-state index contributed by atoms with van der Waals surface area (Å²) in [5.41, 5.74) is 3.93. The number of nitrogens with zero attached hydrogens (tertiary/aromatic N) is 2. The number of fused-ring (bicyclic) bond motifs is 1. The van der Waals surface area contributed by atoms with Gasteiger partial charge in [0.1, 0.15) is 11.6 Å². The number of Topliss-reactive ketones (excluding diaryl/α,β-unsaturated/α-hetero) is 1. The van der Waals surface area contributed by atoms with E-state index in [0.29, 0.717) is 5.92 Å². The second kappa shape index (κ2) is 7.47. The summed E-state index contributed by atoms with van der Waals surface area (Å²) >= 11 is 0. The molecule has 1 aliphatic rings. The number of nitrogens with one attached hydrogen (secondary N) is 1. The number of benzene rings is 2. The highest BCUT2D eigenvalue weighted by Gasteiger charge is 2.27. The third-order valence-electron chi connectivity index (χ3n) is 5.10. The van der Waals surface area contributed by atoms with E-state index in [1.807, 2.05) is 24.3 Å². The average molecular weight is 359 g/mol. The summed E-state index contributed by atoms with van der Waals surface area (Å²) < 4.78 is 0. The molecule has 0 spiro atoms. The molecule has 1 N–H and O–H groups in total.